The van der Waals surface area contributed by atoms with Crippen molar-refractivity contribution < 1.29 is 10.0 Å². The Morgan fingerprint density at radius 2 is 1.93 bits per heavy atom. The summed E-state index contributed by atoms with van der Waals surface area (Å²) in [7, 11) is -1.39. The van der Waals surface area contributed by atoms with Crippen LogP contribution in [-0.2, 0) is 0 Å². The molecular weight excluding hydrogens is 187 g/mol. The van der Waals surface area contributed by atoms with E-state index in [4.69, 9.17) is 0 Å². The van der Waals surface area contributed by atoms with E-state index in [0.717, 1.165) is 12.0 Å². The number of hydrogen-bond acceptors (Lipinski definition) is 2. The Labute approximate surface area is 89.7 Å². The fourth-order valence-electron chi connectivity index (χ4n) is 1.89. The largest absolute Gasteiger partial charge is 0.488 e. The third-order valence-electron chi connectivity index (χ3n) is 2.65. The minimum absolute atomic E-state index is 0.257. The predicted octanol–water partition coefficient (Wildman–Crippen LogP) is 0.966. The highest BCUT2D eigenvalue weighted by Crippen LogP contribution is 2.22. The highest BCUT2D eigenvalue weighted by Gasteiger charge is 2.19. The van der Waals surface area contributed by atoms with Crippen LogP contribution in [0.4, 0.5) is 0 Å². The van der Waals surface area contributed by atoms with Gasteiger partial charge in [0.05, 0.1) is 0 Å². The number of benzene rings is 1. The van der Waals surface area contributed by atoms with Gasteiger partial charge in [0.2, 0.25) is 0 Å². The zero-order chi connectivity index (χ0) is 10.7. The van der Waals surface area contributed by atoms with Crippen molar-refractivity contribution in [3.05, 3.63) is 54.1 Å². The molecule has 0 spiro atoms. The molecule has 0 amide bonds. The van der Waals surface area contributed by atoms with Gasteiger partial charge in [-0.3, -0.25) is 0 Å². The Balaban J connectivity index is 2.34. The predicted molar refractivity (Wildman–Crippen MR) is 61.9 cm³/mol. The lowest BCUT2D eigenvalue weighted by Crippen LogP contribution is -2.33. The zero-order valence-corrected chi connectivity index (χ0v) is 8.38. The van der Waals surface area contributed by atoms with E-state index in [1.165, 1.54) is 0 Å². The molecule has 1 aliphatic rings. The SMILES string of the molecule is OB(O)c1ccccc1C1C=CC=CC1. The van der Waals surface area contributed by atoms with Gasteiger partial charge in [-0.2, -0.15) is 0 Å². The molecule has 2 rings (SSSR count). The Morgan fingerprint density at radius 3 is 2.60 bits per heavy atom. The Kier molecular flexibility index (Phi) is 3.04. The molecule has 0 aromatic heterocycles. The number of hydrogen-bond donors (Lipinski definition) is 2. The van der Waals surface area contributed by atoms with Crippen LogP contribution < -0.4 is 5.46 Å². The first-order valence-corrected chi connectivity index (χ1v) is 5.07. The van der Waals surface area contributed by atoms with Crippen LogP contribution in [0.25, 0.3) is 0 Å². The molecule has 1 unspecified atom stereocenters. The van der Waals surface area contributed by atoms with Crippen LogP contribution in [0.15, 0.2) is 48.6 Å². The van der Waals surface area contributed by atoms with E-state index in [-0.39, 0.29) is 5.92 Å². The van der Waals surface area contributed by atoms with Gasteiger partial charge in [-0.25, -0.2) is 0 Å². The summed E-state index contributed by atoms with van der Waals surface area (Å²) in [5.74, 6) is 0.257. The maximum atomic E-state index is 9.25. The van der Waals surface area contributed by atoms with E-state index in [9.17, 15) is 10.0 Å². The molecule has 0 saturated carbocycles. The second-order valence-electron chi connectivity index (χ2n) is 3.66. The summed E-state index contributed by atoms with van der Waals surface area (Å²) in [6, 6.07) is 7.45. The first kappa shape index (κ1) is 10.2. The van der Waals surface area contributed by atoms with Crippen LogP contribution in [0.5, 0.6) is 0 Å². The van der Waals surface area contributed by atoms with E-state index in [1.807, 2.05) is 30.4 Å². The molecular formula is C12H13BO2. The molecule has 1 aliphatic carbocycles. The fraction of sp³-hybridized carbons (Fsp3) is 0.167. The van der Waals surface area contributed by atoms with Crippen LogP contribution in [0.3, 0.4) is 0 Å². The van der Waals surface area contributed by atoms with Crippen LogP contribution in [-0.4, -0.2) is 17.2 Å². The van der Waals surface area contributed by atoms with E-state index >= 15 is 0 Å². The van der Waals surface area contributed by atoms with Crippen LogP contribution >= 0.6 is 0 Å². The first-order valence-electron chi connectivity index (χ1n) is 5.07. The number of allylic oxidation sites excluding steroid dienone is 4. The molecule has 0 radical (unpaired) electrons. The van der Waals surface area contributed by atoms with Gasteiger partial charge in [-0.15, -0.1) is 0 Å². The third-order valence-corrected chi connectivity index (χ3v) is 2.65. The summed E-state index contributed by atoms with van der Waals surface area (Å²) in [6.07, 6.45) is 9.09. The number of rotatable bonds is 2. The topological polar surface area (TPSA) is 40.5 Å². The molecule has 2 N–H and O–H groups in total. The van der Waals surface area contributed by atoms with Crippen molar-refractivity contribution >= 4 is 12.6 Å². The standard InChI is InChI=1S/C12H13BO2/c14-13(15)12-9-5-4-8-11(12)10-6-2-1-3-7-10/h1-6,8-10,14-15H,7H2. The summed E-state index contributed by atoms with van der Waals surface area (Å²) >= 11 is 0. The monoisotopic (exact) mass is 200 g/mol. The quantitative estimate of drug-likeness (QED) is 0.698. The van der Waals surface area contributed by atoms with Crippen LogP contribution in [0.1, 0.15) is 17.9 Å². The fourth-order valence-corrected chi connectivity index (χ4v) is 1.89. The minimum atomic E-state index is -1.39. The molecule has 0 saturated heterocycles. The van der Waals surface area contributed by atoms with Crippen molar-refractivity contribution in [2.45, 2.75) is 12.3 Å². The van der Waals surface area contributed by atoms with E-state index in [0.29, 0.717) is 5.46 Å². The maximum Gasteiger partial charge on any atom is 0.488 e. The molecule has 0 fully saturated rings. The molecule has 1 atom stereocenters. The Hall–Kier alpha value is -1.32. The lowest BCUT2D eigenvalue weighted by molar-refractivity contribution is 0.425. The van der Waals surface area contributed by atoms with Gasteiger partial charge in [0.25, 0.3) is 0 Å². The van der Waals surface area contributed by atoms with Crippen LogP contribution in [0, 0.1) is 0 Å². The summed E-state index contributed by atoms with van der Waals surface area (Å²) < 4.78 is 0. The molecule has 76 valence electrons. The maximum absolute atomic E-state index is 9.25. The summed E-state index contributed by atoms with van der Waals surface area (Å²) in [4.78, 5) is 0. The molecule has 2 nitrogen and oxygen atoms in total. The summed E-state index contributed by atoms with van der Waals surface area (Å²) in [5, 5.41) is 18.5. The molecule has 0 heterocycles. The Morgan fingerprint density at radius 1 is 1.13 bits per heavy atom. The van der Waals surface area contributed by atoms with Crippen molar-refractivity contribution in [1.82, 2.24) is 0 Å². The first-order chi connectivity index (χ1) is 7.29. The van der Waals surface area contributed by atoms with Crippen molar-refractivity contribution in [3.63, 3.8) is 0 Å². The van der Waals surface area contributed by atoms with E-state index < -0.39 is 7.12 Å². The van der Waals surface area contributed by atoms with Gasteiger partial charge >= 0.3 is 7.12 Å². The van der Waals surface area contributed by atoms with Crippen molar-refractivity contribution in [2.24, 2.45) is 0 Å². The summed E-state index contributed by atoms with van der Waals surface area (Å²) in [5.41, 5.74) is 1.59. The van der Waals surface area contributed by atoms with E-state index in [2.05, 4.69) is 12.2 Å². The highest BCUT2D eigenvalue weighted by atomic mass is 16.4. The van der Waals surface area contributed by atoms with E-state index in [1.54, 1.807) is 6.07 Å². The average Bonchev–Trinajstić information content (AvgIpc) is 2.30. The average molecular weight is 200 g/mol. The zero-order valence-electron chi connectivity index (χ0n) is 8.38. The van der Waals surface area contributed by atoms with Gasteiger partial charge in [-0.1, -0.05) is 48.6 Å². The molecule has 1 aromatic rings. The third kappa shape index (κ3) is 2.20. The second-order valence-corrected chi connectivity index (χ2v) is 3.66. The van der Waals surface area contributed by atoms with Crippen molar-refractivity contribution in [1.29, 1.82) is 0 Å². The van der Waals surface area contributed by atoms with Gasteiger partial charge in [0, 0.05) is 5.92 Å². The van der Waals surface area contributed by atoms with Gasteiger partial charge in [0.15, 0.2) is 0 Å². The van der Waals surface area contributed by atoms with Crippen molar-refractivity contribution in [2.75, 3.05) is 0 Å². The second kappa shape index (κ2) is 4.47. The molecule has 15 heavy (non-hydrogen) atoms. The molecule has 0 aliphatic heterocycles. The van der Waals surface area contributed by atoms with Gasteiger partial charge < -0.3 is 10.0 Å². The normalized spacial score (nSPS) is 19.2. The van der Waals surface area contributed by atoms with Gasteiger partial charge in [0.1, 0.15) is 0 Å². The van der Waals surface area contributed by atoms with Crippen molar-refractivity contribution in [3.8, 4) is 0 Å². The Bertz CT molecular complexity index is 396. The molecule has 3 heteroatoms. The van der Waals surface area contributed by atoms with Crippen LogP contribution in [0.2, 0.25) is 0 Å². The lowest BCUT2D eigenvalue weighted by atomic mass is 9.73. The van der Waals surface area contributed by atoms with Gasteiger partial charge in [-0.05, 0) is 17.4 Å². The smallest absolute Gasteiger partial charge is 0.423 e. The lowest BCUT2D eigenvalue weighted by Gasteiger charge is -2.17. The molecule has 1 aromatic carbocycles. The summed E-state index contributed by atoms with van der Waals surface area (Å²) in [6.45, 7) is 0. The highest BCUT2D eigenvalue weighted by molar-refractivity contribution is 6.59. The minimum Gasteiger partial charge on any atom is -0.423 e. The molecule has 0 bridgehead atoms.